The number of hydrogen-bond acceptors (Lipinski definition) is 3. The SMILES string of the molecule is CCn1nc(C)c(Cl)c1CC1(O)CC(N)C1. The molecular weight excluding hydrogens is 226 g/mol. The average Bonchev–Trinajstić information content (AvgIpc) is 2.43. The fourth-order valence-electron chi connectivity index (χ4n) is 2.41. The van der Waals surface area contributed by atoms with E-state index < -0.39 is 5.60 Å². The Balaban J connectivity index is 2.21. The maximum Gasteiger partial charge on any atom is 0.0848 e. The van der Waals surface area contributed by atoms with E-state index in [0.717, 1.165) is 17.9 Å². The Kier molecular flexibility index (Phi) is 2.99. The maximum atomic E-state index is 10.2. The highest BCUT2D eigenvalue weighted by molar-refractivity contribution is 6.31. The predicted octanol–water partition coefficient (Wildman–Crippen LogP) is 1.26. The molecule has 0 unspecified atom stereocenters. The van der Waals surface area contributed by atoms with Crippen LogP contribution in [0.5, 0.6) is 0 Å². The zero-order chi connectivity index (χ0) is 11.9. The average molecular weight is 244 g/mol. The molecule has 2 rings (SSSR count). The molecule has 5 heteroatoms. The van der Waals surface area contributed by atoms with Crippen LogP contribution in [0.1, 0.15) is 31.2 Å². The molecule has 1 aliphatic carbocycles. The first-order valence-corrected chi connectivity index (χ1v) is 6.03. The molecule has 1 saturated carbocycles. The van der Waals surface area contributed by atoms with Crippen LogP contribution in [0.25, 0.3) is 0 Å². The van der Waals surface area contributed by atoms with Gasteiger partial charge in [0.1, 0.15) is 0 Å². The van der Waals surface area contributed by atoms with Gasteiger partial charge in [-0.2, -0.15) is 5.10 Å². The third-order valence-corrected chi connectivity index (χ3v) is 3.73. The first-order valence-electron chi connectivity index (χ1n) is 5.65. The van der Waals surface area contributed by atoms with Gasteiger partial charge in [-0.25, -0.2) is 0 Å². The number of rotatable bonds is 3. The summed E-state index contributed by atoms with van der Waals surface area (Å²) < 4.78 is 1.86. The van der Waals surface area contributed by atoms with Crippen molar-refractivity contribution in [1.82, 2.24) is 9.78 Å². The number of nitrogens with two attached hydrogens (primary N) is 1. The highest BCUT2D eigenvalue weighted by Gasteiger charge is 2.41. The van der Waals surface area contributed by atoms with E-state index in [2.05, 4.69) is 5.10 Å². The molecule has 0 atom stereocenters. The Morgan fingerprint density at radius 1 is 1.62 bits per heavy atom. The van der Waals surface area contributed by atoms with Crippen molar-refractivity contribution in [2.75, 3.05) is 0 Å². The molecule has 0 amide bonds. The van der Waals surface area contributed by atoms with Gasteiger partial charge >= 0.3 is 0 Å². The van der Waals surface area contributed by atoms with E-state index in [0.29, 0.717) is 24.3 Å². The summed E-state index contributed by atoms with van der Waals surface area (Å²) in [5, 5.41) is 15.2. The van der Waals surface area contributed by atoms with Gasteiger partial charge < -0.3 is 10.8 Å². The van der Waals surface area contributed by atoms with Gasteiger partial charge in [-0.15, -0.1) is 0 Å². The normalized spacial score (nSPS) is 29.2. The summed E-state index contributed by atoms with van der Waals surface area (Å²) in [5.41, 5.74) is 6.78. The smallest absolute Gasteiger partial charge is 0.0848 e. The standard InChI is InChI=1S/C11H18ClN3O/c1-3-15-9(10(12)7(2)14-15)6-11(16)4-8(13)5-11/h8,16H,3-6,13H2,1-2H3. The number of aliphatic hydroxyl groups is 1. The molecule has 1 aromatic heterocycles. The third-order valence-electron chi connectivity index (χ3n) is 3.23. The Hall–Kier alpha value is -0.580. The fraction of sp³-hybridized carbons (Fsp3) is 0.727. The van der Waals surface area contributed by atoms with Crippen molar-refractivity contribution in [2.45, 2.75) is 51.3 Å². The van der Waals surface area contributed by atoms with E-state index in [1.54, 1.807) is 0 Å². The summed E-state index contributed by atoms with van der Waals surface area (Å²) >= 11 is 6.19. The summed E-state index contributed by atoms with van der Waals surface area (Å²) in [7, 11) is 0. The monoisotopic (exact) mass is 243 g/mol. The molecule has 1 heterocycles. The van der Waals surface area contributed by atoms with Crippen LogP contribution in [-0.4, -0.2) is 26.5 Å². The quantitative estimate of drug-likeness (QED) is 0.840. The summed E-state index contributed by atoms with van der Waals surface area (Å²) in [6.45, 7) is 4.67. The number of aromatic nitrogens is 2. The van der Waals surface area contributed by atoms with Crippen LogP contribution in [0.2, 0.25) is 5.02 Å². The number of hydrogen-bond donors (Lipinski definition) is 2. The Morgan fingerprint density at radius 2 is 2.25 bits per heavy atom. The molecule has 1 aliphatic rings. The predicted molar refractivity (Wildman–Crippen MR) is 63.5 cm³/mol. The Labute approximate surface area is 100 Å². The van der Waals surface area contributed by atoms with E-state index in [9.17, 15) is 5.11 Å². The van der Waals surface area contributed by atoms with Gasteiger partial charge in [0.05, 0.1) is 22.0 Å². The maximum absolute atomic E-state index is 10.2. The topological polar surface area (TPSA) is 64.1 Å². The second-order valence-electron chi connectivity index (χ2n) is 4.73. The van der Waals surface area contributed by atoms with Crippen molar-refractivity contribution >= 4 is 11.6 Å². The van der Waals surface area contributed by atoms with Gasteiger partial charge in [0, 0.05) is 19.0 Å². The Bertz CT molecular complexity index is 396. The van der Waals surface area contributed by atoms with Crippen molar-refractivity contribution in [2.24, 2.45) is 5.73 Å². The molecular formula is C11H18ClN3O. The molecule has 0 radical (unpaired) electrons. The molecule has 16 heavy (non-hydrogen) atoms. The van der Waals surface area contributed by atoms with Crippen LogP contribution >= 0.6 is 11.6 Å². The van der Waals surface area contributed by atoms with E-state index in [4.69, 9.17) is 17.3 Å². The summed E-state index contributed by atoms with van der Waals surface area (Å²) in [6.07, 6.45) is 1.85. The van der Waals surface area contributed by atoms with E-state index in [1.807, 2.05) is 18.5 Å². The van der Waals surface area contributed by atoms with Gasteiger partial charge in [-0.1, -0.05) is 11.6 Å². The number of nitrogens with zero attached hydrogens (tertiary/aromatic N) is 2. The molecule has 0 saturated heterocycles. The van der Waals surface area contributed by atoms with Crippen molar-refractivity contribution in [3.8, 4) is 0 Å². The van der Waals surface area contributed by atoms with Crippen LogP contribution in [0, 0.1) is 6.92 Å². The summed E-state index contributed by atoms with van der Waals surface area (Å²) in [6, 6.07) is 0.128. The zero-order valence-electron chi connectivity index (χ0n) is 9.70. The summed E-state index contributed by atoms with van der Waals surface area (Å²) in [4.78, 5) is 0. The Morgan fingerprint density at radius 3 is 2.75 bits per heavy atom. The second kappa shape index (κ2) is 4.02. The largest absolute Gasteiger partial charge is 0.389 e. The minimum atomic E-state index is -0.678. The van der Waals surface area contributed by atoms with E-state index in [1.165, 1.54) is 0 Å². The van der Waals surface area contributed by atoms with Gasteiger partial charge in [0.2, 0.25) is 0 Å². The lowest BCUT2D eigenvalue weighted by molar-refractivity contribution is -0.0469. The lowest BCUT2D eigenvalue weighted by Crippen LogP contribution is -2.53. The van der Waals surface area contributed by atoms with Crippen LogP contribution in [0.4, 0.5) is 0 Å². The molecule has 0 spiro atoms. The molecule has 0 aromatic carbocycles. The molecule has 1 fully saturated rings. The minimum Gasteiger partial charge on any atom is -0.389 e. The van der Waals surface area contributed by atoms with Gasteiger partial charge in [0.25, 0.3) is 0 Å². The molecule has 3 N–H and O–H groups in total. The van der Waals surface area contributed by atoms with Crippen LogP contribution < -0.4 is 5.73 Å². The van der Waals surface area contributed by atoms with Crippen LogP contribution in [0.3, 0.4) is 0 Å². The van der Waals surface area contributed by atoms with Crippen LogP contribution in [-0.2, 0) is 13.0 Å². The highest BCUT2D eigenvalue weighted by Crippen LogP contribution is 2.36. The molecule has 4 nitrogen and oxygen atoms in total. The minimum absolute atomic E-state index is 0.128. The second-order valence-corrected chi connectivity index (χ2v) is 5.11. The first kappa shape index (κ1) is 11.9. The van der Waals surface area contributed by atoms with Crippen molar-refractivity contribution in [1.29, 1.82) is 0 Å². The summed E-state index contributed by atoms with van der Waals surface area (Å²) in [5.74, 6) is 0. The lowest BCUT2D eigenvalue weighted by atomic mass is 9.73. The van der Waals surface area contributed by atoms with Crippen LogP contribution in [0.15, 0.2) is 0 Å². The van der Waals surface area contributed by atoms with E-state index >= 15 is 0 Å². The highest BCUT2D eigenvalue weighted by atomic mass is 35.5. The number of aryl methyl sites for hydroxylation is 2. The third kappa shape index (κ3) is 1.97. The lowest BCUT2D eigenvalue weighted by Gasteiger charge is -2.41. The number of halogens is 1. The molecule has 0 bridgehead atoms. The first-order chi connectivity index (χ1) is 7.45. The fourth-order valence-corrected chi connectivity index (χ4v) is 2.61. The van der Waals surface area contributed by atoms with Crippen molar-refractivity contribution in [3.05, 3.63) is 16.4 Å². The van der Waals surface area contributed by atoms with Gasteiger partial charge in [0.15, 0.2) is 0 Å². The van der Waals surface area contributed by atoms with Crippen molar-refractivity contribution in [3.63, 3.8) is 0 Å². The van der Waals surface area contributed by atoms with E-state index in [-0.39, 0.29) is 6.04 Å². The van der Waals surface area contributed by atoms with Gasteiger partial charge in [-0.3, -0.25) is 4.68 Å². The molecule has 0 aliphatic heterocycles. The van der Waals surface area contributed by atoms with Crippen molar-refractivity contribution < 1.29 is 5.11 Å². The zero-order valence-corrected chi connectivity index (χ0v) is 10.5. The van der Waals surface area contributed by atoms with Gasteiger partial charge in [-0.05, 0) is 26.7 Å². The molecule has 90 valence electrons. The molecule has 1 aromatic rings.